The van der Waals surface area contributed by atoms with Crippen molar-refractivity contribution in [2.75, 3.05) is 63.3 Å². The maximum absolute atomic E-state index is 12.3. The number of nitro groups is 1. The fourth-order valence-electron chi connectivity index (χ4n) is 4.28. The molecule has 1 aliphatic rings. The van der Waals surface area contributed by atoms with Crippen molar-refractivity contribution in [3.8, 4) is 0 Å². The Morgan fingerprint density at radius 3 is 2.42 bits per heavy atom. The van der Waals surface area contributed by atoms with E-state index in [0.717, 1.165) is 24.3 Å². The van der Waals surface area contributed by atoms with Gasteiger partial charge in [-0.25, -0.2) is 4.79 Å². The number of nitrogens with one attached hydrogen (secondary N) is 1. The molecule has 0 aromatic heterocycles. The van der Waals surface area contributed by atoms with E-state index in [1.165, 1.54) is 25.3 Å². The van der Waals surface area contributed by atoms with Gasteiger partial charge in [0.25, 0.3) is 5.69 Å². The average molecular weight is 549 g/mol. The summed E-state index contributed by atoms with van der Waals surface area (Å²) in [5.41, 5.74) is 2.69. The maximum Gasteiger partial charge on any atom is 0.338 e. The lowest BCUT2D eigenvalue weighted by atomic mass is 10.1. The van der Waals surface area contributed by atoms with Crippen LogP contribution in [0.25, 0.3) is 0 Å². The van der Waals surface area contributed by atoms with Crippen LogP contribution in [0.15, 0.2) is 72.8 Å². The third-order valence-electron chi connectivity index (χ3n) is 6.41. The lowest BCUT2D eigenvalue weighted by molar-refractivity contribution is -0.383. The van der Waals surface area contributed by atoms with Crippen molar-refractivity contribution in [2.45, 2.75) is 6.61 Å². The Labute approximate surface area is 232 Å². The predicted molar refractivity (Wildman–Crippen MR) is 150 cm³/mol. The number of anilines is 3. The highest BCUT2D eigenvalue weighted by molar-refractivity contribution is 5.91. The van der Waals surface area contributed by atoms with Crippen LogP contribution in [0.1, 0.15) is 15.9 Å². The van der Waals surface area contributed by atoms with Crippen molar-refractivity contribution < 1.29 is 28.7 Å². The highest BCUT2D eigenvalue weighted by Crippen LogP contribution is 2.30. The molecule has 210 valence electrons. The van der Waals surface area contributed by atoms with Gasteiger partial charge in [-0.3, -0.25) is 19.8 Å². The summed E-state index contributed by atoms with van der Waals surface area (Å²) < 4.78 is 15.3. The lowest BCUT2D eigenvalue weighted by Crippen LogP contribution is -2.48. The SMILES string of the molecule is COCCOC(=O)c1ccc(Nc2cccc(N3CCN(CC(=O)OCc4ccccc4)CC3)c2)c([N+](=O)[O-])c1. The van der Waals surface area contributed by atoms with Crippen molar-refractivity contribution >= 4 is 34.7 Å². The summed E-state index contributed by atoms with van der Waals surface area (Å²) in [6.07, 6.45) is 0. The zero-order valence-electron chi connectivity index (χ0n) is 22.3. The number of methoxy groups -OCH3 is 1. The van der Waals surface area contributed by atoms with Crippen molar-refractivity contribution in [1.29, 1.82) is 0 Å². The first kappa shape index (κ1) is 28.5. The van der Waals surface area contributed by atoms with Gasteiger partial charge < -0.3 is 24.4 Å². The van der Waals surface area contributed by atoms with Crippen molar-refractivity contribution in [2.24, 2.45) is 0 Å². The molecule has 4 rings (SSSR count). The van der Waals surface area contributed by atoms with Gasteiger partial charge in [-0.05, 0) is 35.9 Å². The average Bonchev–Trinajstić information content (AvgIpc) is 2.97. The minimum absolute atomic E-state index is 0.0581. The van der Waals surface area contributed by atoms with E-state index in [-0.39, 0.29) is 49.3 Å². The van der Waals surface area contributed by atoms with Crippen LogP contribution < -0.4 is 10.2 Å². The van der Waals surface area contributed by atoms with Gasteiger partial charge in [-0.2, -0.15) is 0 Å². The van der Waals surface area contributed by atoms with Gasteiger partial charge in [0, 0.05) is 50.7 Å². The smallest absolute Gasteiger partial charge is 0.338 e. The highest BCUT2D eigenvalue weighted by atomic mass is 16.6. The number of carbonyl (C=O) groups excluding carboxylic acids is 2. The van der Waals surface area contributed by atoms with E-state index >= 15 is 0 Å². The van der Waals surface area contributed by atoms with Crippen LogP contribution in [0.5, 0.6) is 0 Å². The van der Waals surface area contributed by atoms with Gasteiger partial charge in [0.1, 0.15) is 18.9 Å². The molecular weight excluding hydrogens is 516 g/mol. The number of hydrogen-bond donors (Lipinski definition) is 1. The molecule has 1 N–H and O–H groups in total. The Kier molecular flexibility index (Phi) is 10.0. The van der Waals surface area contributed by atoms with Gasteiger partial charge in [0.05, 0.1) is 23.6 Å². The number of nitro benzene ring substituents is 1. The number of hydrogen-bond acceptors (Lipinski definition) is 10. The van der Waals surface area contributed by atoms with E-state index in [1.807, 2.05) is 54.6 Å². The van der Waals surface area contributed by atoms with Crippen molar-refractivity contribution in [3.05, 3.63) is 94.0 Å². The van der Waals surface area contributed by atoms with Gasteiger partial charge in [-0.15, -0.1) is 0 Å². The third-order valence-corrected chi connectivity index (χ3v) is 6.41. The summed E-state index contributed by atoms with van der Waals surface area (Å²) in [6, 6.07) is 21.3. The predicted octanol–water partition coefficient (Wildman–Crippen LogP) is 4.01. The molecule has 11 heteroatoms. The molecule has 3 aromatic rings. The van der Waals surface area contributed by atoms with E-state index in [9.17, 15) is 19.7 Å². The van der Waals surface area contributed by atoms with E-state index in [1.54, 1.807) is 0 Å². The van der Waals surface area contributed by atoms with Crippen LogP contribution in [0, 0.1) is 10.1 Å². The van der Waals surface area contributed by atoms with Crippen molar-refractivity contribution in [1.82, 2.24) is 4.90 Å². The second-order valence-corrected chi connectivity index (χ2v) is 9.20. The first-order valence-electron chi connectivity index (χ1n) is 12.9. The minimum atomic E-state index is -0.655. The molecule has 0 spiro atoms. The first-order valence-corrected chi connectivity index (χ1v) is 12.9. The van der Waals surface area contributed by atoms with Crippen molar-refractivity contribution in [3.63, 3.8) is 0 Å². The highest BCUT2D eigenvalue weighted by Gasteiger charge is 2.21. The Morgan fingerprint density at radius 2 is 1.70 bits per heavy atom. The normalized spacial score (nSPS) is 13.5. The molecule has 0 aliphatic carbocycles. The number of piperazine rings is 1. The van der Waals surface area contributed by atoms with Gasteiger partial charge in [0.2, 0.25) is 0 Å². The molecule has 1 saturated heterocycles. The molecule has 0 atom stereocenters. The lowest BCUT2D eigenvalue weighted by Gasteiger charge is -2.35. The zero-order valence-corrected chi connectivity index (χ0v) is 22.3. The van der Waals surface area contributed by atoms with Gasteiger partial charge in [-0.1, -0.05) is 36.4 Å². The van der Waals surface area contributed by atoms with Crippen LogP contribution in [-0.4, -0.2) is 74.8 Å². The Bertz CT molecular complexity index is 1310. The van der Waals surface area contributed by atoms with Gasteiger partial charge >= 0.3 is 11.9 Å². The second-order valence-electron chi connectivity index (χ2n) is 9.20. The standard InChI is InChI=1S/C29H32N4O7/c1-38-16-17-39-29(35)23-10-11-26(27(18-23)33(36)37)30-24-8-5-9-25(19-24)32-14-12-31(13-15-32)20-28(34)40-21-22-6-3-2-4-7-22/h2-11,18-19,30H,12-17,20-21H2,1H3. The number of nitrogens with zero attached hydrogens (tertiary/aromatic N) is 3. The Hall–Kier alpha value is -4.48. The van der Waals surface area contributed by atoms with E-state index in [0.29, 0.717) is 18.8 Å². The number of ether oxygens (including phenoxy) is 3. The Morgan fingerprint density at radius 1 is 0.925 bits per heavy atom. The summed E-state index contributed by atoms with van der Waals surface area (Å²) in [4.78, 5) is 39.9. The molecule has 3 aromatic carbocycles. The number of esters is 2. The summed E-state index contributed by atoms with van der Waals surface area (Å²) in [7, 11) is 1.49. The second kappa shape index (κ2) is 14.1. The molecule has 0 unspecified atom stereocenters. The largest absolute Gasteiger partial charge is 0.460 e. The van der Waals surface area contributed by atoms with Crippen LogP contribution in [0.3, 0.4) is 0 Å². The van der Waals surface area contributed by atoms with E-state index in [2.05, 4.69) is 15.1 Å². The number of benzene rings is 3. The fraction of sp³-hybridized carbons (Fsp3) is 0.310. The summed E-state index contributed by atoms with van der Waals surface area (Å²) >= 11 is 0. The molecule has 0 amide bonds. The molecule has 11 nitrogen and oxygen atoms in total. The molecule has 1 aliphatic heterocycles. The van der Waals surface area contributed by atoms with Crippen LogP contribution >= 0.6 is 0 Å². The monoisotopic (exact) mass is 548 g/mol. The zero-order chi connectivity index (χ0) is 28.3. The summed E-state index contributed by atoms with van der Waals surface area (Å²) in [6.45, 7) is 3.63. The minimum Gasteiger partial charge on any atom is -0.460 e. The van der Waals surface area contributed by atoms with Gasteiger partial charge in [0.15, 0.2) is 0 Å². The van der Waals surface area contributed by atoms with Crippen LogP contribution in [0.4, 0.5) is 22.7 Å². The topological polar surface area (TPSA) is 123 Å². The third kappa shape index (κ3) is 8.01. The van der Waals surface area contributed by atoms with E-state index in [4.69, 9.17) is 14.2 Å². The molecule has 40 heavy (non-hydrogen) atoms. The first-order chi connectivity index (χ1) is 19.4. The number of rotatable bonds is 12. The molecule has 0 bridgehead atoms. The molecule has 0 radical (unpaired) electrons. The Balaban J connectivity index is 1.32. The quantitative estimate of drug-likeness (QED) is 0.154. The van der Waals surface area contributed by atoms with E-state index < -0.39 is 10.9 Å². The molecular formula is C29H32N4O7. The molecule has 1 heterocycles. The number of carbonyl (C=O) groups is 2. The fourth-order valence-corrected chi connectivity index (χ4v) is 4.28. The summed E-state index contributed by atoms with van der Waals surface area (Å²) in [5, 5.41) is 14.8. The van der Waals surface area contributed by atoms with Crippen LogP contribution in [0.2, 0.25) is 0 Å². The molecule has 0 saturated carbocycles. The molecule has 1 fully saturated rings. The van der Waals surface area contributed by atoms with Crippen LogP contribution in [-0.2, 0) is 25.6 Å². The summed E-state index contributed by atoms with van der Waals surface area (Å²) in [5.74, 6) is -0.906. The maximum atomic E-state index is 12.3.